The first-order valence-electron chi connectivity index (χ1n) is 5.54. The summed E-state index contributed by atoms with van der Waals surface area (Å²) in [6, 6.07) is 3.90. The van der Waals surface area contributed by atoms with Crippen molar-refractivity contribution in [3.8, 4) is 0 Å². The molecule has 6 heteroatoms. The standard InChI is InChI=1S/C12H13BrFNO2S/c13-10-5-8(14)1-2-9(10)11(16)15-6-12(17)3-4-18-7-12/h1-2,5,17H,3-4,6-7H2,(H,15,16). The van der Waals surface area contributed by atoms with Crippen molar-refractivity contribution in [2.75, 3.05) is 18.1 Å². The van der Waals surface area contributed by atoms with Crippen LogP contribution in [0.2, 0.25) is 0 Å². The number of amides is 1. The van der Waals surface area contributed by atoms with E-state index in [-0.39, 0.29) is 12.5 Å². The molecule has 0 aromatic heterocycles. The predicted molar refractivity (Wildman–Crippen MR) is 73.3 cm³/mol. The molecule has 0 bridgehead atoms. The number of aliphatic hydroxyl groups is 1. The number of carbonyl (C=O) groups excluding carboxylic acids is 1. The van der Waals surface area contributed by atoms with E-state index in [0.29, 0.717) is 22.2 Å². The smallest absolute Gasteiger partial charge is 0.252 e. The number of hydrogen-bond donors (Lipinski definition) is 2. The molecule has 3 nitrogen and oxygen atoms in total. The van der Waals surface area contributed by atoms with Crippen molar-refractivity contribution in [2.24, 2.45) is 0 Å². The Labute approximate surface area is 117 Å². The van der Waals surface area contributed by atoms with E-state index in [1.165, 1.54) is 18.2 Å². The van der Waals surface area contributed by atoms with Crippen LogP contribution in [0.3, 0.4) is 0 Å². The van der Waals surface area contributed by atoms with Crippen molar-refractivity contribution in [1.82, 2.24) is 5.32 Å². The van der Waals surface area contributed by atoms with Crippen LogP contribution in [-0.2, 0) is 0 Å². The second-order valence-electron chi connectivity index (χ2n) is 4.33. The summed E-state index contributed by atoms with van der Waals surface area (Å²) in [6.07, 6.45) is 0.683. The molecule has 0 aliphatic carbocycles. The van der Waals surface area contributed by atoms with Gasteiger partial charge in [-0.05, 0) is 46.3 Å². The fourth-order valence-corrected chi connectivity index (χ4v) is 3.58. The highest BCUT2D eigenvalue weighted by molar-refractivity contribution is 9.10. The first kappa shape index (κ1) is 13.8. The van der Waals surface area contributed by atoms with Gasteiger partial charge in [0.15, 0.2) is 0 Å². The molecular formula is C12H13BrFNO2S. The summed E-state index contributed by atoms with van der Waals surface area (Å²) in [5.74, 6) is 0.834. The molecule has 18 heavy (non-hydrogen) atoms. The number of rotatable bonds is 3. The highest BCUT2D eigenvalue weighted by Gasteiger charge is 2.32. The highest BCUT2D eigenvalue weighted by atomic mass is 79.9. The second-order valence-corrected chi connectivity index (χ2v) is 6.29. The van der Waals surface area contributed by atoms with Crippen LogP contribution in [0.4, 0.5) is 4.39 Å². The van der Waals surface area contributed by atoms with Gasteiger partial charge in [0.05, 0.1) is 11.2 Å². The maximum atomic E-state index is 12.9. The molecule has 1 heterocycles. The van der Waals surface area contributed by atoms with E-state index < -0.39 is 11.4 Å². The van der Waals surface area contributed by atoms with Crippen molar-refractivity contribution < 1.29 is 14.3 Å². The highest BCUT2D eigenvalue weighted by Crippen LogP contribution is 2.27. The number of carbonyl (C=O) groups is 1. The molecule has 1 unspecified atom stereocenters. The fourth-order valence-electron chi connectivity index (χ4n) is 1.75. The average molecular weight is 334 g/mol. The van der Waals surface area contributed by atoms with Crippen molar-refractivity contribution in [3.05, 3.63) is 34.1 Å². The number of thioether (sulfide) groups is 1. The second kappa shape index (κ2) is 5.59. The molecule has 0 saturated carbocycles. The molecule has 2 N–H and O–H groups in total. The van der Waals surface area contributed by atoms with Crippen LogP contribution in [0.5, 0.6) is 0 Å². The molecule has 1 aromatic rings. The van der Waals surface area contributed by atoms with E-state index in [1.807, 2.05) is 0 Å². The normalized spacial score (nSPS) is 23.1. The van der Waals surface area contributed by atoms with E-state index in [9.17, 15) is 14.3 Å². The van der Waals surface area contributed by atoms with E-state index in [0.717, 1.165) is 5.75 Å². The number of benzene rings is 1. The van der Waals surface area contributed by atoms with Crippen molar-refractivity contribution in [1.29, 1.82) is 0 Å². The van der Waals surface area contributed by atoms with Crippen LogP contribution in [0.1, 0.15) is 16.8 Å². The van der Waals surface area contributed by atoms with Gasteiger partial charge >= 0.3 is 0 Å². The van der Waals surface area contributed by atoms with E-state index >= 15 is 0 Å². The Morgan fingerprint density at radius 1 is 1.61 bits per heavy atom. The third kappa shape index (κ3) is 3.24. The Hall–Kier alpha value is -0.590. The van der Waals surface area contributed by atoms with E-state index in [2.05, 4.69) is 21.2 Å². The quantitative estimate of drug-likeness (QED) is 0.891. The Bertz CT molecular complexity index is 463. The Kier molecular flexibility index (Phi) is 4.29. The lowest BCUT2D eigenvalue weighted by atomic mass is 10.0. The SMILES string of the molecule is O=C(NCC1(O)CCSC1)c1ccc(F)cc1Br. The largest absolute Gasteiger partial charge is 0.387 e. The van der Waals surface area contributed by atoms with Crippen LogP contribution in [0.25, 0.3) is 0 Å². The average Bonchev–Trinajstić information content (AvgIpc) is 2.74. The minimum absolute atomic E-state index is 0.225. The van der Waals surface area contributed by atoms with Crippen LogP contribution < -0.4 is 5.32 Å². The summed E-state index contributed by atoms with van der Waals surface area (Å²) in [5, 5.41) is 12.8. The number of nitrogens with one attached hydrogen (secondary N) is 1. The van der Waals surface area contributed by atoms with Gasteiger partial charge < -0.3 is 10.4 Å². The minimum atomic E-state index is -0.813. The van der Waals surface area contributed by atoms with Gasteiger partial charge in [-0.1, -0.05) is 0 Å². The Balaban J connectivity index is 1.99. The van der Waals surface area contributed by atoms with Gasteiger partial charge in [0.2, 0.25) is 0 Å². The van der Waals surface area contributed by atoms with Crippen LogP contribution >= 0.6 is 27.7 Å². The van der Waals surface area contributed by atoms with Gasteiger partial charge in [0.25, 0.3) is 5.91 Å². The minimum Gasteiger partial charge on any atom is -0.387 e. The summed E-state index contributed by atoms with van der Waals surface area (Å²) in [5.41, 5.74) is -0.446. The first-order chi connectivity index (χ1) is 8.50. The third-order valence-corrected chi connectivity index (χ3v) is 4.73. The van der Waals surface area contributed by atoms with Crippen LogP contribution in [0.15, 0.2) is 22.7 Å². The summed E-state index contributed by atoms with van der Waals surface area (Å²) < 4.78 is 13.3. The van der Waals surface area contributed by atoms with Gasteiger partial charge in [0, 0.05) is 16.8 Å². The first-order valence-corrected chi connectivity index (χ1v) is 7.48. The summed E-state index contributed by atoms with van der Waals surface area (Å²) in [7, 11) is 0. The van der Waals surface area contributed by atoms with Gasteiger partial charge in [0.1, 0.15) is 5.82 Å². The van der Waals surface area contributed by atoms with Crippen molar-refractivity contribution in [3.63, 3.8) is 0 Å². The van der Waals surface area contributed by atoms with Gasteiger partial charge in [-0.15, -0.1) is 0 Å². The molecule has 0 radical (unpaired) electrons. The summed E-state index contributed by atoms with van der Waals surface area (Å²) >= 11 is 4.82. The topological polar surface area (TPSA) is 49.3 Å². The molecule has 1 atom stereocenters. The van der Waals surface area contributed by atoms with E-state index in [4.69, 9.17) is 0 Å². The molecule has 1 aliphatic rings. The predicted octanol–water partition coefficient (Wildman–Crippen LogP) is 2.19. The van der Waals surface area contributed by atoms with Crippen molar-refractivity contribution in [2.45, 2.75) is 12.0 Å². The molecule has 1 fully saturated rings. The Morgan fingerprint density at radius 3 is 3.00 bits per heavy atom. The molecular weight excluding hydrogens is 321 g/mol. The third-order valence-electron chi connectivity index (χ3n) is 2.84. The van der Waals surface area contributed by atoms with Gasteiger partial charge in [-0.2, -0.15) is 11.8 Å². The fraction of sp³-hybridized carbons (Fsp3) is 0.417. The number of hydrogen-bond acceptors (Lipinski definition) is 3. The molecule has 1 saturated heterocycles. The zero-order chi connectivity index (χ0) is 13.2. The monoisotopic (exact) mass is 333 g/mol. The zero-order valence-electron chi connectivity index (χ0n) is 9.58. The molecule has 1 aliphatic heterocycles. The lowest BCUT2D eigenvalue weighted by Gasteiger charge is -2.21. The summed E-state index contributed by atoms with van der Waals surface area (Å²) in [4.78, 5) is 11.9. The van der Waals surface area contributed by atoms with Gasteiger partial charge in [-0.3, -0.25) is 4.79 Å². The lowest BCUT2D eigenvalue weighted by molar-refractivity contribution is 0.0612. The lowest BCUT2D eigenvalue weighted by Crippen LogP contribution is -2.43. The van der Waals surface area contributed by atoms with E-state index in [1.54, 1.807) is 11.8 Å². The van der Waals surface area contributed by atoms with Crippen LogP contribution in [-0.4, -0.2) is 34.7 Å². The molecule has 2 rings (SSSR count). The molecule has 1 amide bonds. The van der Waals surface area contributed by atoms with Crippen LogP contribution in [0, 0.1) is 5.82 Å². The molecule has 0 spiro atoms. The molecule has 1 aromatic carbocycles. The number of halogens is 2. The Morgan fingerprint density at radius 2 is 2.39 bits per heavy atom. The molecule has 98 valence electrons. The zero-order valence-corrected chi connectivity index (χ0v) is 12.0. The van der Waals surface area contributed by atoms with Crippen molar-refractivity contribution >= 4 is 33.6 Å². The van der Waals surface area contributed by atoms with Gasteiger partial charge in [-0.25, -0.2) is 4.39 Å². The maximum Gasteiger partial charge on any atom is 0.252 e. The maximum absolute atomic E-state index is 12.9. The summed E-state index contributed by atoms with van der Waals surface area (Å²) in [6.45, 7) is 0.225.